The van der Waals surface area contributed by atoms with Gasteiger partial charge >= 0.3 is 0 Å². The van der Waals surface area contributed by atoms with Gasteiger partial charge in [0.25, 0.3) is 0 Å². The Kier molecular flexibility index (Phi) is 3.84. The number of rotatable bonds is 3. The van der Waals surface area contributed by atoms with Gasteiger partial charge in [-0.1, -0.05) is 0 Å². The minimum atomic E-state index is 0.313. The summed E-state index contributed by atoms with van der Waals surface area (Å²) < 4.78 is 1.95. The van der Waals surface area contributed by atoms with E-state index in [1.54, 1.807) is 0 Å². The van der Waals surface area contributed by atoms with Crippen molar-refractivity contribution in [2.24, 2.45) is 18.7 Å². The van der Waals surface area contributed by atoms with Crippen LogP contribution >= 0.6 is 0 Å². The van der Waals surface area contributed by atoms with Crippen LogP contribution in [-0.4, -0.2) is 33.8 Å². The fourth-order valence-electron chi connectivity index (χ4n) is 2.60. The predicted molar refractivity (Wildman–Crippen MR) is 69.6 cm³/mol. The van der Waals surface area contributed by atoms with Crippen molar-refractivity contribution in [3.63, 3.8) is 0 Å². The van der Waals surface area contributed by atoms with Crippen LogP contribution in [0.15, 0.2) is 6.20 Å². The Bertz CT molecular complexity index is 369. The summed E-state index contributed by atoms with van der Waals surface area (Å²) in [6.07, 6.45) is 4.54. The molecule has 0 spiro atoms. The molecular weight excluding hydrogens is 212 g/mol. The Morgan fingerprint density at radius 3 is 2.94 bits per heavy atom. The lowest BCUT2D eigenvalue weighted by molar-refractivity contribution is 0.154. The smallest absolute Gasteiger partial charge is 0.0537 e. The summed E-state index contributed by atoms with van der Waals surface area (Å²) in [6.45, 7) is 7.60. The molecule has 2 N–H and O–H groups in total. The quantitative estimate of drug-likeness (QED) is 0.860. The molecule has 4 nitrogen and oxygen atoms in total. The summed E-state index contributed by atoms with van der Waals surface area (Å²) in [7, 11) is 2.00. The van der Waals surface area contributed by atoms with E-state index in [9.17, 15) is 0 Å². The molecule has 4 heteroatoms. The minimum absolute atomic E-state index is 0.313. The molecule has 96 valence electrons. The summed E-state index contributed by atoms with van der Waals surface area (Å²) in [4.78, 5) is 2.52. The van der Waals surface area contributed by atoms with Gasteiger partial charge in [-0.3, -0.25) is 9.58 Å². The van der Waals surface area contributed by atoms with E-state index in [0.717, 1.165) is 13.1 Å². The molecule has 1 aromatic rings. The highest BCUT2D eigenvalue weighted by molar-refractivity contribution is 5.15. The van der Waals surface area contributed by atoms with Crippen LogP contribution in [0, 0.1) is 12.8 Å². The Morgan fingerprint density at radius 2 is 2.35 bits per heavy atom. The zero-order chi connectivity index (χ0) is 12.4. The van der Waals surface area contributed by atoms with Crippen molar-refractivity contribution in [1.82, 2.24) is 14.7 Å². The molecule has 1 aromatic heterocycles. The van der Waals surface area contributed by atoms with Crippen LogP contribution in [0.3, 0.4) is 0 Å². The van der Waals surface area contributed by atoms with Gasteiger partial charge in [0, 0.05) is 37.4 Å². The van der Waals surface area contributed by atoms with E-state index in [0.29, 0.717) is 12.0 Å². The normalized spacial score (nSPS) is 23.9. The van der Waals surface area contributed by atoms with E-state index < -0.39 is 0 Å². The third kappa shape index (κ3) is 2.87. The lowest BCUT2D eigenvalue weighted by Gasteiger charge is -2.34. The molecule has 1 aliphatic heterocycles. The third-order valence-corrected chi connectivity index (χ3v) is 4.02. The lowest BCUT2D eigenvalue weighted by Crippen LogP contribution is -2.41. The van der Waals surface area contributed by atoms with Gasteiger partial charge < -0.3 is 5.73 Å². The number of likely N-dealkylation sites (tertiary alicyclic amines) is 1. The maximum absolute atomic E-state index is 6.01. The first-order valence-corrected chi connectivity index (χ1v) is 6.53. The highest BCUT2D eigenvalue weighted by Gasteiger charge is 2.23. The molecule has 2 heterocycles. The van der Waals surface area contributed by atoms with Gasteiger partial charge in [0.15, 0.2) is 0 Å². The number of piperidine rings is 1. The molecule has 1 fully saturated rings. The molecule has 0 aliphatic carbocycles. The van der Waals surface area contributed by atoms with E-state index in [-0.39, 0.29) is 0 Å². The predicted octanol–water partition coefficient (Wildman–Crippen LogP) is 1.29. The average Bonchev–Trinajstić information content (AvgIpc) is 2.61. The standard InChI is InChI=1S/C13H24N4/c1-10(14)12-5-4-6-17(8-12)9-13-7-15-16(3)11(13)2/h7,10,12H,4-6,8-9,14H2,1-3H3. The summed E-state index contributed by atoms with van der Waals surface area (Å²) in [5.41, 5.74) is 8.63. The number of aryl methyl sites for hydroxylation is 1. The minimum Gasteiger partial charge on any atom is -0.328 e. The van der Waals surface area contributed by atoms with E-state index in [1.165, 1.54) is 30.6 Å². The van der Waals surface area contributed by atoms with Gasteiger partial charge in [0.1, 0.15) is 0 Å². The molecule has 1 aliphatic rings. The Labute approximate surface area is 104 Å². The number of hydrogen-bond acceptors (Lipinski definition) is 3. The summed E-state index contributed by atoms with van der Waals surface area (Å²) >= 11 is 0. The van der Waals surface area contributed by atoms with Crippen molar-refractivity contribution < 1.29 is 0 Å². The van der Waals surface area contributed by atoms with Crippen molar-refractivity contribution in [3.8, 4) is 0 Å². The van der Waals surface area contributed by atoms with Crippen molar-refractivity contribution >= 4 is 0 Å². The molecule has 0 amide bonds. The van der Waals surface area contributed by atoms with E-state index in [4.69, 9.17) is 5.73 Å². The SMILES string of the molecule is Cc1c(CN2CCCC(C(C)N)C2)cnn1C. The molecule has 2 rings (SSSR count). The van der Waals surface area contributed by atoms with Crippen LogP contribution < -0.4 is 5.73 Å². The summed E-state index contributed by atoms with van der Waals surface area (Å²) in [6, 6.07) is 0.313. The Morgan fingerprint density at radius 1 is 1.59 bits per heavy atom. The van der Waals surface area contributed by atoms with Crippen molar-refractivity contribution in [3.05, 3.63) is 17.5 Å². The lowest BCUT2D eigenvalue weighted by atomic mass is 9.92. The second-order valence-corrected chi connectivity index (χ2v) is 5.38. The van der Waals surface area contributed by atoms with E-state index >= 15 is 0 Å². The third-order valence-electron chi connectivity index (χ3n) is 4.02. The molecule has 0 radical (unpaired) electrons. The van der Waals surface area contributed by atoms with Gasteiger partial charge in [-0.25, -0.2) is 0 Å². The van der Waals surface area contributed by atoms with E-state index in [1.807, 2.05) is 17.9 Å². The molecule has 2 unspecified atom stereocenters. The highest BCUT2D eigenvalue weighted by Crippen LogP contribution is 2.21. The molecule has 0 aromatic carbocycles. The van der Waals surface area contributed by atoms with Crippen LogP contribution in [-0.2, 0) is 13.6 Å². The first-order chi connectivity index (χ1) is 8.08. The van der Waals surface area contributed by atoms with Gasteiger partial charge in [0.2, 0.25) is 0 Å². The van der Waals surface area contributed by atoms with E-state index in [2.05, 4.69) is 23.8 Å². The first kappa shape index (κ1) is 12.6. The topological polar surface area (TPSA) is 47.1 Å². The summed E-state index contributed by atoms with van der Waals surface area (Å²) in [5.74, 6) is 0.653. The Hall–Kier alpha value is -0.870. The van der Waals surface area contributed by atoms with Gasteiger partial charge in [-0.2, -0.15) is 5.10 Å². The Balaban J connectivity index is 1.97. The zero-order valence-electron chi connectivity index (χ0n) is 11.2. The molecule has 2 atom stereocenters. The number of nitrogens with two attached hydrogens (primary N) is 1. The first-order valence-electron chi connectivity index (χ1n) is 6.53. The van der Waals surface area contributed by atoms with Crippen LogP contribution in [0.25, 0.3) is 0 Å². The molecule has 1 saturated heterocycles. The van der Waals surface area contributed by atoms with Crippen molar-refractivity contribution in [2.75, 3.05) is 13.1 Å². The van der Waals surface area contributed by atoms with Crippen LogP contribution in [0.1, 0.15) is 31.0 Å². The second kappa shape index (κ2) is 5.19. The van der Waals surface area contributed by atoms with Crippen LogP contribution in [0.2, 0.25) is 0 Å². The zero-order valence-corrected chi connectivity index (χ0v) is 11.2. The molecule has 17 heavy (non-hydrogen) atoms. The number of hydrogen-bond donors (Lipinski definition) is 1. The second-order valence-electron chi connectivity index (χ2n) is 5.38. The maximum Gasteiger partial charge on any atom is 0.0537 e. The fraction of sp³-hybridized carbons (Fsp3) is 0.769. The number of aromatic nitrogens is 2. The van der Waals surface area contributed by atoms with Crippen LogP contribution in [0.5, 0.6) is 0 Å². The van der Waals surface area contributed by atoms with Crippen molar-refractivity contribution in [1.29, 1.82) is 0 Å². The van der Waals surface area contributed by atoms with Gasteiger partial charge in [-0.15, -0.1) is 0 Å². The molecule has 0 bridgehead atoms. The highest BCUT2D eigenvalue weighted by atomic mass is 15.3. The summed E-state index contributed by atoms with van der Waals surface area (Å²) in [5, 5.41) is 4.30. The maximum atomic E-state index is 6.01. The van der Waals surface area contributed by atoms with Gasteiger partial charge in [0.05, 0.1) is 6.20 Å². The molecular formula is C13H24N4. The fourth-order valence-corrected chi connectivity index (χ4v) is 2.60. The number of nitrogens with zero attached hydrogens (tertiary/aromatic N) is 3. The molecule has 0 saturated carbocycles. The van der Waals surface area contributed by atoms with Crippen LogP contribution in [0.4, 0.5) is 0 Å². The average molecular weight is 236 g/mol. The monoisotopic (exact) mass is 236 g/mol. The van der Waals surface area contributed by atoms with Crippen molar-refractivity contribution in [2.45, 2.75) is 39.3 Å². The van der Waals surface area contributed by atoms with Gasteiger partial charge in [-0.05, 0) is 39.2 Å². The largest absolute Gasteiger partial charge is 0.328 e.